The van der Waals surface area contributed by atoms with E-state index in [1.54, 1.807) is 0 Å². The topological polar surface area (TPSA) is 82.1 Å². The van der Waals surface area contributed by atoms with Gasteiger partial charge in [-0.2, -0.15) is 5.26 Å². The van der Waals surface area contributed by atoms with E-state index in [0.717, 1.165) is 30.6 Å². The summed E-state index contributed by atoms with van der Waals surface area (Å²) in [5, 5.41) is 20.9. The molecule has 0 radical (unpaired) electrons. The lowest BCUT2D eigenvalue weighted by molar-refractivity contribution is 0.229. The summed E-state index contributed by atoms with van der Waals surface area (Å²) in [5.41, 5.74) is 8.30. The van der Waals surface area contributed by atoms with E-state index in [2.05, 4.69) is 11.4 Å². The number of benzene rings is 1. The first-order valence-corrected chi connectivity index (χ1v) is 6.27. The van der Waals surface area contributed by atoms with Crippen molar-refractivity contribution in [3.8, 4) is 6.07 Å². The van der Waals surface area contributed by atoms with Gasteiger partial charge in [0.2, 0.25) is 0 Å². The highest BCUT2D eigenvalue weighted by Crippen LogP contribution is 2.18. The van der Waals surface area contributed by atoms with Crippen molar-refractivity contribution in [1.29, 1.82) is 5.26 Å². The van der Waals surface area contributed by atoms with Crippen LogP contribution in [0.4, 0.5) is 11.4 Å². The molecule has 0 saturated heterocycles. The molecule has 1 rings (SSSR count). The molecule has 0 aromatic heterocycles. The molecule has 4 nitrogen and oxygen atoms in total. The lowest BCUT2D eigenvalue weighted by atomic mass is 10.1. The van der Waals surface area contributed by atoms with Gasteiger partial charge < -0.3 is 16.2 Å². The Bertz CT molecular complexity index is 412. The largest absolute Gasteiger partial charge is 0.398 e. The first-order valence-electron chi connectivity index (χ1n) is 6.27. The fourth-order valence-corrected chi connectivity index (χ4v) is 1.73. The van der Waals surface area contributed by atoms with Crippen LogP contribution < -0.4 is 11.1 Å². The third-order valence-corrected chi connectivity index (χ3v) is 2.93. The number of aliphatic hydroxyl groups is 1. The maximum atomic E-state index is 8.91. The van der Waals surface area contributed by atoms with Crippen LogP contribution in [-0.4, -0.2) is 18.3 Å². The van der Waals surface area contributed by atoms with Gasteiger partial charge in [-0.3, -0.25) is 0 Å². The molecule has 0 fully saturated rings. The van der Waals surface area contributed by atoms with Crippen LogP contribution in [0.5, 0.6) is 0 Å². The maximum Gasteiger partial charge on any atom is 0.0670 e. The second-order valence-electron chi connectivity index (χ2n) is 4.61. The third kappa shape index (κ3) is 4.64. The van der Waals surface area contributed by atoms with Crippen LogP contribution in [0.15, 0.2) is 18.2 Å². The van der Waals surface area contributed by atoms with Crippen molar-refractivity contribution in [3.05, 3.63) is 23.8 Å². The maximum absolute atomic E-state index is 8.91. The summed E-state index contributed by atoms with van der Waals surface area (Å²) >= 11 is 0. The normalized spacial score (nSPS) is 11.8. The number of nitriles is 1. The van der Waals surface area contributed by atoms with Gasteiger partial charge in [0.1, 0.15) is 0 Å². The fraction of sp³-hybridized carbons (Fsp3) is 0.500. The number of nitrogens with two attached hydrogens (primary N) is 1. The molecule has 18 heavy (non-hydrogen) atoms. The molecule has 0 bridgehead atoms. The summed E-state index contributed by atoms with van der Waals surface area (Å²) in [4.78, 5) is 0. The zero-order valence-corrected chi connectivity index (χ0v) is 10.8. The van der Waals surface area contributed by atoms with E-state index in [4.69, 9.17) is 16.1 Å². The molecule has 1 unspecified atom stereocenters. The highest BCUT2D eigenvalue weighted by molar-refractivity contribution is 5.57. The predicted molar refractivity (Wildman–Crippen MR) is 74.1 cm³/mol. The highest BCUT2D eigenvalue weighted by Gasteiger charge is 2.02. The number of hydrogen-bond acceptors (Lipinski definition) is 4. The van der Waals surface area contributed by atoms with E-state index in [1.807, 2.05) is 25.1 Å². The number of anilines is 2. The van der Waals surface area contributed by atoms with E-state index in [-0.39, 0.29) is 6.61 Å². The zero-order chi connectivity index (χ0) is 13.4. The average Bonchev–Trinajstić information content (AvgIpc) is 2.38. The summed E-state index contributed by atoms with van der Waals surface area (Å²) in [5.74, 6) is 0.354. The summed E-state index contributed by atoms with van der Waals surface area (Å²) in [7, 11) is 0. The van der Waals surface area contributed by atoms with Crippen LogP contribution in [-0.2, 0) is 6.42 Å². The van der Waals surface area contributed by atoms with Gasteiger partial charge in [0.25, 0.3) is 0 Å². The van der Waals surface area contributed by atoms with Crippen molar-refractivity contribution in [2.45, 2.75) is 26.2 Å². The Kier molecular flexibility index (Phi) is 6.03. The minimum absolute atomic E-state index is 0.244. The summed E-state index contributed by atoms with van der Waals surface area (Å²) in [6.45, 7) is 3.14. The Labute approximate surface area is 108 Å². The fourth-order valence-electron chi connectivity index (χ4n) is 1.73. The van der Waals surface area contributed by atoms with Gasteiger partial charge >= 0.3 is 0 Å². The van der Waals surface area contributed by atoms with Gasteiger partial charge in [-0.15, -0.1) is 0 Å². The van der Waals surface area contributed by atoms with Gasteiger partial charge in [0.15, 0.2) is 0 Å². The summed E-state index contributed by atoms with van der Waals surface area (Å²) < 4.78 is 0. The van der Waals surface area contributed by atoms with E-state index in [1.165, 1.54) is 0 Å². The van der Waals surface area contributed by atoms with Gasteiger partial charge in [0.05, 0.1) is 12.5 Å². The van der Waals surface area contributed by atoms with Crippen LogP contribution in [0.3, 0.4) is 0 Å². The standard InChI is InChI=1S/C14H21N3O/c1-11(10-18)3-2-8-17-13-4-5-14(16)12(9-13)6-7-15/h4-5,9,11,17-18H,2-3,6,8,10,16H2,1H3. The Hall–Kier alpha value is -1.73. The Balaban J connectivity index is 2.43. The lowest BCUT2D eigenvalue weighted by Gasteiger charge is -2.11. The first kappa shape index (κ1) is 14.3. The Morgan fingerprint density at radius 3 is 2.94 bits per heavy atom. The van der Waals surface area contributed by atoms with Crippen LogP contribution in [0, 0.1) is 17.2 Å². The molecule has 0 aliphatic carbocycles. The van der Waals surface area contributed by atoms with E-state index < -0.39 is 0 Å². The van der Waals surface area contributed by atoms with Crippen LogP contribution in [0.1, 0.15) is 25.3 Å². The molecule has 0 saturated carbocycles. The number of nitrogens with one attached hydrogen (secondary N) is 1. The molecule has 0 spiro atoms. The zero-order valence-electron chi connectivity index (χ0n) is 10.8. The predicted octanol–water partition coefficient (Wildman–Crippen LogP) is 2.16. The van der Waals surface area contributed by atoms with Crippen LogP contribution in [0.25, 0.3) is 0 Å². The summed E-state index contributed by atoms with van der Waals surface area (Å²) in [6.07, 6.45) is 2.35. The number of aliphatic hydroxyl groups excluding tert-OH is 1. The van der Waals surface area contributed by atoms with Gasteiger partial charge in [0, 0.05) is 24.5 Å². The molecule has 0 amide bonds. The highest BCUT2D eigenvalue weighted by atomic mass is 16.3. The smallest absolute Gasteiger partial charge is 0.0670 e. The SMILES string of the molecule is CC(CO)CCCNc1ccc(N)c(CC#N)c1. The Morgan fingerprint density at radius 1 is 1.50 bits per heavy atom. The Morgan fingerprint density at radius 2 is 2.28 bits per heavy atom. The van der Waals surface area contributed by atoms with Crippen molar-refractivity contribution >= 4 is 11.4 Å². The molecule has 1 aromatic rings. The molecule has 1 atom stereocenters. The molecule has 0 heterocycles. The molecular formula is C14H21N3O. The van der Waals surface area contributed by atoms with Gasteiger partial charge in [-0.1, -0.05) is 6.92 Å². The first-order chi connectivity index (χ1) is 8.67. The van der Waals surface area contributed by atoms with Crippen molar-refractivity contribution in [1.82, 2.24) is 0 Å². The molecule has 1 aromatic carbocycles. The van der Waals surface area contributed by atoms with Crippen molar-refractivity contribution in [2.24, 2.45) is 5.92 Å². The molecular weight excluding hydrogens is 226 g/mol. The monoisotopic (exact) mass is 247 g/mol. The van der Waals surface area contributed by atoms with Crippen molar-refractivity contribution < 1.29 is 5.11 Å². The average molecular weight is 247 g/mol. The second-order valence-corrected chi connectivity index (χ2v) is 4.61. The van der Waals surface area contributed by atoms with Gasteiger partial charge in [-0.25, -0.2) is 0 Å². The van der Waals surface area contributed by atoms with E-state index in [9.17, 15) is 0 Å². The summed E-state index contributed by atoms with van der Waals surface area (Å²) in [6, 6.07) is 7.78. The van der Waals surface area contributed by atoms with Crippen molar-refractivity contribution in [3.63, 3.8) is 0 Å². The number of nitrogen functional groups attached to an aromatic ring is 1. The molecule has 4 heteroatoms. The molecule has 0 aliphatic heterocycles. The van der Waals surface area contributed by atoms with Crippen LogP contribution in [0.2, 0.25) is 0 Å². The minimum atomic E-state index is 0.244. The van der Waals surface area contributed by atoms with E-state index >= 15 is 0 Å². The van der Waals surface area contributed by atoms with Crippen LogP contribution >= 0.6 is 0 Å². The quantitative estimate of drug-likeness (QED) is 0.509. The van der Waals surface area contributed by atoms with Crippen molar-refractivity contribution in [2.75, 3.05) is 24.2 Å². The van der Waals surface area contributed by atoms with E-state index in [0.29, 0.717) is 18.0 Å². The lowest BCUT2D eigenvalue weighted by Crippen LogP contribution is -2.07. The third-order valence-electron chi connectivity index (χ3n) is 2.93. The van der Waals surface area contributed by atoms with Gasteiger partial charge in [-0.05, 0) is 42.5 Å². The number of hydrogen-bond donors (Lipinski definition) is 3. The minimum Gasteiger partial charge on any atom is -0.398 e. The number of nitrogens with zero attached hydrogens (tertiary/aromatic N) is 1. The molecule has 0 aliphatic rings. The molecule has 4 N–H and O–H groups in total. The molecule has 98 valence electrons. The number of rotatable bonds is 7. The second kappa shape index (κ2) is 7.57.